The summed E-state index contributed by atoms with van der Waals surface area (Å²) in [5.74, 6) is -1.92. The molecule has 0 atom stereocenters. The van der Waals surface area contributed by atoms with Gasteiger partial charge in [0, 0.05) is 10.7 Å². The average molecular weight is 333 g/mol. The molecule has 5 nitrogen and oxygen atoms in total. The summed E-state index contributed by atoms with van der Waals surface area (Å²) in [4.78, 5) is 10.4. The lowest BCUT2D eigenvalue weighted by molar-refractivity contribution is -0.275. The van der Waals surface area contributed by atoms with E-state index in [0.29, 0.717) is 12.1 Å². The highest BCUT2D eigenvalue weighted by molar-refractivity contribution is 8.13. The van der Waals surface area contributed by atoms with Crippen molar-refractivity contribution < 1.29 is 35.9 Å². The first-order chi connectivity index (χ1) is 9.04. The van der Waals surface area contributed by atoms with Crippen LogP contribution in [0.2, 0.25) is 0 Å². The Morgan fingerprint density at radius 1 is 1.35 bits per heavy atom. The van der Waals surface area contributed by atoms with Gasteiger partial charge in [-0.15, -0.1) is 13.2 Å². The molecule has 0 aromatic heterocycles. The van der Waals surface area contributed by atoms with Crippen molar-refractivity contribution in [3.05, 3.63) is 23.8 Å². The molecule has 0 unspecified atom stereocenters. The van der Waals surface area contributed by atoms with Gasteiger partial charge in [0.2, 0.25) is 0 Å². The first-order valence-corrected chi connectivity index (χ1v) is 7.37. The Kier molecular flexibility index (Phi) is 4.87. The number of carbonyl (C=O) groups is 1. The molecular formula is C10H8ClF3O5S. The Hall–Kier alpha value is -1.48. The number of alkyl halides is 3. The summed E-state index contributed by atoms with van der Waals surface area (Å²) in [6.07, 6.45) is -5.10. The summed E-state index contributed by atoms with van der Waals surface area (Å²) in [5, 5.41) is 0. The van der Waals surface area contributed by atoms with E-state index in [9.17, 15) is 26.4 Å². The molecule has 0 N–H and O–H groups in total. The lowest BCUT2D eigenvalue weighted by atomic mass is 10.2. The van der Waals surface area contributed by atoms with Crippen LogP contribution in [0, 0.1) is 0 Å². The van der Waals surface area contributed by atoms with Gasteiger partial charge in [-0.05, 0) is 25.1 Å². The molecule has 1 aromatic rings. The number of hydrogen-bond acceptors (Lipinski definition) is 5. The second-order valence-electron chi connectivity index (χ2n) is 3.37. The summed E-state index contributed by atoms with van der Waals surface area (Å²) in [6, 6.07) is 2.26. The summed E-state index contributed by atoms with van der Waals surface area (Å²) in [6.45, 7) is 1.53. The standard InChI is InChI=1S/C10H8ClF3O5S/c1-2-18-9(15)6-3-4-7(19-10(12,13)14)8(5-6)20(11,16)17/h3-5H,2H2,1H3. The van der Waals surface area contributed by atoms with Crippen LogP contribution in [0.25, 0.3) is 0 Å². The smallest absolute Gasteiger partial charge is 0.462 e. The predicted octanol–water partition coefficient (Wildman–Crippen LogP) is 2.69. The van der Waals surface area contributed by atoms with Crippen molar-refractivity contribution in [2.75, 3.05) is 6.61 Å². The van der Waals surface area contributed by atoms with Crippen LogP contribution in [-0.2, 0) is 13.8 Å². The van der Waals surface area contributed by atoms with E-state index in [4.69, 9.17) is 10.7 Å². The summed E-state index contributed by atoms with van der Waals surface area (Å²) >= 11 is 0. The molecule has 0 fully saturated rings. The molecule has 1 rings (SSSR count). The van der Waals surface area contributed by atoms with Crippen LogP contribution in [0.15, 0.2) is 23.1 Å². The lowest BCUT2D eigenvalue weighted by Crippen LogP contribution is -2.18. The number of hydrogen-bond donors (Lipinski definition) is 0. The lowest BCUT2D eigenvalue weighted by Gasteiger charge is -2.12. The van der Waals surface area contributed by atoms with Crippen LogP contribution in [0.5, 0.6) is 5.75 Å². The van der Waals surface area contributed by atoms with Crippen LogP contribution in [0.1, 0.15) is 17.3 Å². The molecule has 0 spiro atoms. The number of esters is 1. The van der Waals surface area contributed by atoms with Gasteiger partial charge in [-0.2, -0.15) is 0 Å². The zero-order valence-corrected chi connectivity index (χ0v) is 11.5. The average Bonchev–Trinajstić information content (AvgIpc) is 2.26. The highest BCUT2D eigenvalue weighted by Crippen LogP contribution is 2.32. The monoisotopic (exact) mass is 332 g/mol. The normalized spacial score (nSPS) is 12.1. The van der Waals surface area contributed by atoms with Crippen molar-refractivity contribution in [3.63, 3.8) is 0 Å². The molecule has 10 heteroatoms. The van der Waals surface area contributed by atoms with Crippen LogP contribution >= 0.6 is 10.7 Å². The van der Waals surface area contributed by atoms with Crippen LogP contribution in [0.4, 0.5) is 13.2 Å². The first kappa shape index (κ1) is 16.6. The summed E-state index contributed by atoms with van der Waals surface area (Å²) < 4.78 is 67.0. The Bertz CT molecular complexity index is 612. The van der Waals surface area contributed by atoms with Crippen LogP contribution in [0.3, 0.4) is 0 Å². The molecule has 112 valence electrons. The molecule has 0 aliphatic carbocycles. The van der Waals surface area contributed by atoms with Crippen LogP contribution in [-0.4, -0.2) is 27.4 Å². The maximum Gasteiger partial charge on any atom is 0.573 e. The topological polar surface area (TPSA) is 69.7 Å². The predicted molar refractivity (Wildman–Crippen MR) is 62.1 cm³/mol. The van der Waals surface area contributed by atoms with E-state index in [1.165, 1.54) is 6.92 Å². The van der Waals surface area contributed by atoms with Crippen molar-refractivity contribution in [3.8, 4) is 5.75 Å². The fourth-order valence-electron chi connectivity index (χ4n) is 1.25. The Morgan fingerprint density at radius 2 is 1.95 bits per heavy atom. The fraction of sp³-hybridized carbons (Fsp3) is 0.300. The first-order valence-electron chi connectivity index (χ1n) is 5.06. The number of halogens is 4. The van der Waals surface area contributed by atoms with Crippen molar-refractivity contribution in [2.24, 2.45) is 0 Å². The Morgan fingerprint density at radius 3 is 2.40 bits per heavy atom. The molecule has 0 heterocycles. The second-order valence-corrected chi connectivity index (χ2v) is 5.90. The largest absolute Gasteiger partial charge is 0.573 e. The van der Waals surface area contributed by atoms with E-state index in [1.54, 1.807) is 0 Å². The molecule has 0 saturated heterocycles. The van der Waals surface area contributed by atoms with Crippen molar-refractivity contribution in [1.82, 2.24) is 0 Å². The van der Waals surface area contributed by atoms with Gasteiger partial charge in [0.1, 0.15) is 10.6 Å². The van der Waals surface area contributed by atoms with E-state index in [2.05, 4.69) is 9.47 Å². The number of carbonyl (C=O) groups excluding carboxylic acids is 1. The summed E-state index contributed by atoms with van der Waals surface area (Å²) in [7, 11) is 0.482. The minimum atomic E-state index is -5.10. The van der Waals surface area contributed by atoms with Gasteiger partial charge >= 0.3 is 12.3 Å². The summed E-state index contributed by atoms with van der Waals surface area (Å²) in [5.41, 5.74) is -0.263. The molecule has 0 bridgehead atoms. The molecular weight excluding hydrogens is 325 g/mol. The minimum Gasteiger partial charge on any atom is -0.462 e. The zero-order chi connectivity index (χ0) is 15.6. The highest BCUT2D eigenvalue weighted by atomic mass is 35.7. The Balaban J connectivity index is 3.32. The van der Waals surface area contributed by atoms with Gasteiger partial charge in [-0.3, -0.25) is 0 Å². The maximum absolute atomic E-state index is 12.1. The van der Waals surface area contributed by atoms with E-state index in [1.807, 2.05) is 0 Å². The van der Waals surface area contributed by atoms with Crippen molar-refractivity contribution >= 4 is 25.7 Å². The third kappa shape index (κ3) is 4.57. The maximum atomic E-state index is 12.1. The van der Waals surface area contributed by atoms with Gasteiger partial charge < -0.3 is 9.47 Å². The van der Waals surface area contributed by atoms with E-state index in [-0.39, 0.29) is 12.2 Å². The molecule has 0 amide bonds. The van der Waals surface area contributed by atoms with E-state index < -0.39 is 32.0 Å². The third-order valence-corrected chi connectivity index (χ3v) is 3.29. The van der Waals surface area contributed by atoms with E-state index >= 15 is 0 Å². The van der Waals surface area contributed by atoms with E-state index in [0.717, 1.165) is 6.07 Å². The zero-order valence-electron chi connectivity index (χ0n) is 9.90. The number of benzene rings is 1. The van der Waals surface area contributed by atoms with Crippen molar-refractivity contribution in [2.45, 2.75) is 18.2 Å². The van der Waals surface area contributed by atoms with Crippen molar-refractivity contribution in [1.29, 1.82) is 0 Å². The Labute approximate surface area is 116 Å². The third-order valence-electron chi connectivity index (χ3n) is 1.94. The highest BCUT2D eigenvalue weighted by Gasteiger charge is 2.34. The number of ether oxygens (including phenoxy) is 2. The fourth-order valence-corrected chi connectivity index (χ4v) is 2.23. The second kappa shape index (κ2) is 5.88. The van der Waals surface area contributed by atoms with Crippen LogP contribution < -0.4 is 4.74 Å². The number of rotatable bonds is 4. The van der Waals surface area contributed by atoms with Gasteiger partial charge in [-0.25, -0.2) is 13.2 Å². The molecule has 0 saturated carbocycles. The SMILES string of the molecule is CCOC(=O)c1ccc(OC(F)(F)F)c(S(=O)(=O)Cl)c1. The molecule has 0 aliphatic rings. The van der Waals surface area contributed by atoms with Gasteiger partial charge in [0.25, 0.3) is 9.05 Å². The molecule has 1 aromatic carbocycles. The molecule has 0 aliphatic heterocycles. The molecule has 0 radical (unpaired) electrons. The minimum absolute atomic E-state index is 0.0165. The van der Waals surface area contributed by atoms with Gasteiger partial charge in [0.15, 0.2) is 0 Å². The van der Waals surface area contributed by atoms with Gasteiger partial charge in [-0.1, -0.05) is 0 Å². The molecule has 20 heavy (non-hydrogen) atoms. The van der Waals surface area contributed by atoms with Gasteiger partial charge in [0.05, 0.1) is 12.2 Å². The quantitative estimate of drug-likeness (QED) is 0.626.